The number of amides is 6. The maximum absolute atomic E-state index is 14.4. The van der Waals surface area contributed by atoms with Crippen molar-refractivity contribution in [2.45, 2.75) is 146 Å². The molecule has 4 aliphatic rings. The third-order valence-electron chi connectivity index (χ3n) is 14.1. The van der Waals surface area contributed by atoms with Gasteiger partial charge in [-0.25, -0.2) is 0 Å². The van der Waals surface area contributed by atoms with Gasteiger partial charge in [0.1, 0.15) is 24.2 Å². The van der Waals surface area contributed by atoms with Crippen LogP contribution in [0, 0.1) is 0 Å². The van der Waals surface area contributed by atoms with Crippen LogP contribution < -0.4 is 31.9 Å². The van der Waals surface area contributed by atoms with Gasteiger partial charge >= 0.3 is 0 Å². The highest BCUT2D eigenvalue weighted by Crippen LogP contribution is 2.32. The first kappa shape index (κ1) is 47.4. The Bertz CT molecular complexity index is 2180. The Hall–Kier alpha value is -5.60. The lowest BCUT2D eigenvalue weighted by molar-refractivity contribution is -0.142. The van der Waals surface area contributed by atoms with E-state index in [1.165, 1.54) is 11.1 Å². The number of likely N-dealkylation sites (N-methyl/N-ethyl adjacent to an activating group) is 2. The van der Waals surface area contributed by atoms with E-state index < -0.39 is 36.3 Å². The van der Waals surface area contributed by atoms with E-state index in [1.807, 2.05) is 48.5 Å². The first-order valence-corrected chi connectivity index (χ1v) is 23.9. The van der Waals surface area contributed by atoms with Gasteiger partial charge in [-0.15, -0.1) is 0 Å². The average molecular weight is 889 g/mol. The molecule has 0 spiro atoms. The van der Waals surface area contributed by atoms with E-state index in [0.29, 0.717) is 51.6 Å². The molecule has 7 rings (SSSR count). The predicted molar refractivity (Wildman–Crippen MR) is 249 cm³/mol. The third-order valence-corrected chi connectivity index (χ3v) is 14.1. The zero-order valence-electron chi connectivity index (χ0n) is 38.5. The molecule has 3 aromatic rings. The summed E-state index contributed by atoms with van der Waals surface area (Å²) in [6.45, 7) is 4.32. The molecule has 14 heteroatoms. The lowest BCUT2D eigenvalue weighted by atomic mass is 9.87. The summed E-state index contributed by atoms with van der Waals surface area (Å²) in [4.78, 5) is 86.2. The maximum Gasteiger partial charge on any atom is 0.246 e. The Kier molecular flexibility index (Phi) is 16.1. The van der Waals surface area contributed by atoms with Gasteiger partial charge in [0.05, 0.1) is 24.2 Å². The third kappa shape index (κ3) is 11.4. The van der Waals surface area contributed by atoms with Crippen LogP contribution in [0.1, 0.15) is 117 Å². The van der Waals surface area contributed by atoms with Crippen LogP contribution in [0.15, 0.2) is 72.8 Å². The summed E-state index contributed by atoms with van der Waals surface area (Å²) < 4.78 is 0. The van der Waals surface area contributed by atoms with E-state index >= 15 is 0 Å². The molecule has 2 saturated heterocycles. The number of aryl methyl sites for hydroxylation is 3. The summed E-state index contributed by atoms with van der Waals surface area (Å²) in [5.74, 6) is -1.52. The van der Waals surface area contributed by atoms with Crippen LogP contribution >= 0.6 is 0 Å². The monoisotopic (exact) mass is 889 g/mol. The SMILES string of the molecule is CN[C@@H](C)C(=O)N[C@@H](CCc1ccc(C[C@H](NC(=O)[C@H](C)NC)C(=O)N2CCC[C@H]2C(=O)N[C@@H]2CCCc3ccccc32)cc1)C(=O)N1CCC[C@H]1C(=O)N[C@@H]1CCCc2ccccc21. The van der Waals surface area contributed by atoms with E-state index in [0.717, 1.165) is 60.8 Å². The highest BCUT2D eigenvalue weighted by Gasteiger charge is 2.41. The number of rotatable bonds is 17. The van der Waals surface area contributed by atoms with Gasteiger partial charge in [0.2, 0.25) is 35.4 Å². The molecule has 14 nitrogen and oxygen atoms in total. The van der Waals surface area contributed by atoms with Gasteiger partial charge in [0, 0.05) is 19.5 Å². The number of benzene rings is 3. The molecule has 3 aromatic carbocycles. The van der Waals surface area contributed by atoms with E-state index in [-0.39, 0.29) is 53.9 Å². The molecular formula is C51H68N8O6. The molecule has 8 atom stereocenters. The van der Waals surface area contributed by atoms with E-state index in [2.05, 4.69) is 56.2 Å². The van der Waals surface area contributed by atoms with Gasteiger partial charge in [-0.2, -0.15) is 0 Å². The zero-order valence-corrected chi connectivity index (χ0v) is 38.5. The van der Waals surface area contributed by atoms with Crippen molar-refractivity contribution in [2.75, 3.05) is 27.2 Å². The molecule has 2 aliphatic carbocycles. The van der Waals surface area contributed by atoms with Crippen LogP contribution in [0.25, 0.3) is 0 Å². The largest absolute Gasteiger partial charge is 0.347 e. The first-order chi connectivity index (χ1) is 31.4. The quantitative estimate of drug-likeness (QED) is 0.119. The Labute approximate surface area is 383 Å². The van der Waals surface area contributed by atoms with E-state index in [9.17, 15) is 28.8 Å². The number of hydrogen-bond donors (Lipinski definition) is 6. The highest BCUT2D eigenvalue weighted by molar-refractivity contribution is 5.95. The molecule has 0 radical (unpaired) electrons. The summed E-state index contributed by atoms with van der Waals surface area (Å²) in [6, 6.07) is 19.8. The maximum atomic E-state index is 14.4. The molecule has 2 aliphatic heterocycles. The van der Waals surface area contributed by atoms with Gasteiger partial charge in [0.25, 0.3) is 0 Å². The smallest absolute Gasteiger partial charge is 0.246 e. The molecule has 6 amide bonds. The van der Waals surface area contributed by atoms with Crippen LogP contribution in [0.3, 0.4) is 0 Å². The summed E-state index contributed by atoms with van der Waals surface area (Å²) >= 11 is 0. The number of carbonyl (C=O) groups excluding carboxylic acids is 6. The minimum atomic E-state index is -0.905. The Morgan fingerprint density at radius 1 is 0.569 bits per heavy atom. The molecule has 65 heavy (non-hydrogen) atoms. The molecule has 2 fully saturated rings. The molecule has 0 aromatic heterocycles. The fraction of sp³-hybridized carbons (Fsp3) is 0.529. The molecule has 0 unspecified atom stereocenters. The van der Waals surface area contributed by atoms with Crippen molar-refractivity contribution in [1.29, 1.82) is 0 Å². The van der Waals surface area contributed by atoms with Gasteiger partial charge in [-0.3, -0.25) is 28.8 Å². The molecular weight excluding hydrogens is 821 g/mol. The molecule has 2 heterocycles. The van der Waals surface area contributed by atoms with Crippen molar-refractivity contribution in [3.63, 3.8) is 0 Å². The van der Waals surface area contributed by atoms with Crippen LogP contribution in [0.4, 0.5) is 0 Å². The van der Waals surface area contributed by atoms with Crippen molar-refractivity contribution in [2.24, 2.45) is 0 Å². The van der Waals surface area contributed by atoms with E-state index in [1.54, 1.807) is 37.7 Å². The van der Waals surface area contributed by atoms with Crippen molar-refractivity contribution in [3.05, 3.63) is 106 Å². The van der Waals surface area contributed by atoms with Gasteiger partial charge in [0.15, 0.2) is 0 Å². The number of nitrogens with zero attached hydrogens (tertiary/aromatic N) is 2. The van der Waals surface area contributed by atoms with Gasteiger partial charge < -0.3 is 41.7 Å². The van der Waals surface area contributed by atoms with Crippen molar-refractivity contribution in [1.82, 2.24) is 41.7 Å². The number of hydrogen-bond acceptors (Lipinski definition) is 8. The number of carbonyl (C=O) groups is 6. The molecule has 348 valence electrons. The van der Waals surface area contributed by atoms with Crippen LogP contribution in [0.5, 0.6) is 0 Å². The van der Waals surface area contributed by atoms with Crippen molar-refractivity contribution >= 4 is 35.4 Å². The number of fused-ring (bicyclic) bond motifs is 2. The molecule has 6 N–H and O–H groups in total. The second-order valence-electron chi connectivity index (χ2n) is 18.4. The molecule has 0 saturated carbocycles. The fourth-order valence-electron chi connectivity index (χ4n) is 10.1. The minimum absolute atomic E-state index is 0.101. The van der Waals surface area contributed by atoms with Crippen LogP contribution in [-0.2, 0) is 54.5 Å². The normalized spacial score (nSPS) is 22.1. The lowest BCUT2D eigenvalue weighted by Gasteiger charge is -2.32. The average Bonchev–Trinajstić information content (AvgIpc) is 4.04. The topological polar surface area (TPSA) is 181 Å². The Balaban J connectivity index is 1.01. The van der Waals surface area contributed by atoms with Gasteiger partial charge in [-0.1, -0.05) is 72.8 Å². The Morgan fingerprint density at radius 3 is 1.51 bits per heavy atom. The fourth-order valence-corrected chi connectivity index (χ4v) is 10.1. The Morgan fingerprint density at radius 2 is 1.02 bits per heavy atom. The standard InChI is InChI=1S/C51H68N8O6/c1-32(52-3)46(60)56-42(50(64)58-29-11-21-44(58)48(62)54-40-19-9-15-36-13-5-7-17-38(36)40)28-27-34-23-25-35(26-24-34)31-43(57-47(61)33(2)53-4)51(65)59-30-12-22-45(59)49(63)55-41-20-10-16-37-14-6-8-18-39(37)41/h5-8,13-14,17-18,23-26,32-33,40-45,52-53H,9-12,15-16,19-22,27-31H2,1-4H3,(H,54,62)(H,55,63)(H,56,60)(H,57,61)/t32-,33-,40+,41+,42-,43-,44-,45-/m0/s1. The minimum Gasteiger partial charge on any atom is -0.347 e. The summed E-state index contributed by atoms with van der Waals surface area (Å²) in [5.41, 5.74) is 6.50. The highest BCUT2D eigenvalue weighted by atomic mass is 16.2. The molecule has 0 bridgehead atoms. The van der Waals surface area contributed by atoms with Crippen LogP contribution in [-0.4, -0.2) is 109 Å². The number of nitrogens with one attached hydrogen (secondary N) is 6. The van der Waals surface area contributed by atoms with Crippen molar-refractivity contribution < 1.29 is 28.8 Å². The first-order valence-electron chi connectivity index (χ1n) is 23.9. The van der Waals surface area contributed by atoms with Gasteiger partial charge in [-0.05, 0) is 138 Å². The summed E-state index contributed by atoms with van der Waals surface area (Å²) in [6.07, 6.45) is 9.09. The zero-order chi connectivity index (χ0) is 46.0. The summed E-state index contributed by atoms with van der Waals surface area (Å²) in [7, 11) is 3.38. The van der Waals surface area contributed by atoms with Crippen LogP contribution in [0.2, 0.25) is 0 Å². The van der Waals surface area contributed by atoms with E-state index in [4.69, 9.17) is 0 Å². The summed E-state index contributed by atoms with van der Waals surface area (Å²) in [5, 5.41) is 18.4. The second kappa shape index (κ2) is 22.1. The second-order valence-corrected chi connectivity index (χ2v) is 18.4. The van der Waals surface area contributed by atoms with Crippen molar-refractivity contribution in [3.8, 4) is 0 Å². The number of likely N-dealkylation sites (tertiary alicyclic amines) is 2. The lowest BCUT2D eigenvalue weighted by Crippen LogP contribution is -2.56. The predicted octanol–water partition coefficient (Wildman–Crippen LogP) is 3.72.